The molecule has 1 aliphatic rings. The zero-order valence-corrected chi connectivity index (χ0v) is 77.0. The Balaban J connectivity index is 2.39. The van der Waals surface area contributed by atoms with Crippen molar-refractivity contribution in [3.8, 4) is 0 Å². The zero-order chi connectivity index (χ0) is 82.4. The molecule has 1 heterocycles. The SMILES string of the molecule is CCCCCC(CCCCC)CCOC(=O)CCCCCCCCC(CCCCCCCCC(=O)OCCC(CCCCC)CCCC(C)C(C)CCCC(CCCCC)CCOC(=O)CCCCCCCC(CCCCCCCC(=O)OCCC(CCCCC)CCCCC)OC(=O)CCCN(C)CC)CN1CCOCC1. The minimum absolute atomic E-state index is 0.00464. The van der Waals surface area contributed by atoms with Gasteiger partial charge in [-0.25, -0.2) is 0 Å². The number of hydrogen-bond acceptors (Lipinski definition) is 13. The Bertz CT molecular complexity index is 2070. The van der Waals surface area contributed by atoms with Gasteiger partial charge < -0.3 is 33.3 Å². The van der Waals surface area contributed by atoms with E-state index < -0.39 is 0 Å². The molecule has 1 saturated heterocycles. The van der Waals surface area contributed by atoms with Crippen LogP contribution < -0.4 is 0 Å². The Kier molecular flexibility index (Phi) is 78.1. The van der Waals surface area contributed by atoms with Gasteiger partial charge in [-0.3, -0.25) is 28.9 Å². The van der Waals surface area contributed by atoms with Crippen molar-refractivity contribution in [1.29, 1.82) is 0 Å². The van der Waals surface area contributed by atoms with Crippen molar-refractivity contribution in [2.24, 2.45) is 41.4 Å². The van der Waals surface area contributed by atoms with Gasteiger partial charge in [0.2, 0.25) is 0 Å². The van der Waals surface area contributed by atoms with Gasteiger partial charge in [-0.1, -0.05) is 358 Å². The van der Waals surface area contributed by atoms with E-state index in [0.717, 1.165) is 180 Å². The molecule has 0 bridgehead atoms. The van der Waals surface area contributed by atoms with Crippen LogP contribution in [0.15, 0.2) is 0 Å². The molecule has 13 nitrogen and oxygen atoms in total. The van der Waals surface area contributed by atoms with E-state index in [2.05, 4.69) is 79.2 Å². The number of hydrogen-bond donors (Lipinski definition) is 0. The van der Waals surface area contributed by atoms with E-state index in [1.807, 2.05) is 0 Å². The molecule has 0 aromatic carbocycles. The monoisotopic (exact) mass is 1600 g/mol. The summed E-state index contributed by atoms with van der Waals surface area (Å²) >= 11 is 0. The third kappa shape index (κ3) is 70.8. The fraction of sp³-hybridized carbons (Fsp3) is 0.950. The number of nitrogens with zero attached hydrogens (tertiary/aromatic N) is 2. The van der Waals surface area contributed by atoms with E-state index in [1.165, 1.54) is 263 Å². The van der Waals surface area contributed by atoms with E-state index in [9.17, 15) is 24.0 Å². The van der Waals surface area contributed by atoms with E-state index in [4.69, 9.17) is 28.4 Å². The lowest BCUT2D eigenvalue weighted by Gasteiger charge is -2.30. The molecule has 13 heteroatoms. The summed E-state index contributed by atoms with van der Waals surface area (Å²) in [6, 6.07) is 0. The van der Waals surface area contributed by atoms with Gasteiger partial charge in [-0.15, -0.1) is 0 Å². The predicted molar refractivity (Wildman–Crippen MR) is 479 cm³/mol. The summed E-state index contributed by atoms with van der Waals surface area (Å²) < 4.78 is 35.0. The molecular weight excluding hydrogens is 1410 g/mol. The van der Waals surface area contributed by atoms with Gasteiger partial charge >= 0.3 is 29.8 Å². The fourth-order valence-electron chi connectivity index (χ4n) is 17.3. The Hall–Kier alpha value is -2.77. The number of esters is 5. The fourth-order valence-corrected chi connectivity index (χ4v) is 17.3. The van der Waals surface area contributed by atoms with Crippen molar-refractivity contribution < 1.29 is 52.4 Å². The first-order valence-electron chi connectivity index (χ1n) is 50.0. The van der Waals surface area contributed by atoms with E-state index in [-0.39, 0.29) is 36.0 Å². The molecule has 6 atom stereocenters. The molecular formula is C100H192N2O11. The highest BCUT2D eigenvalue weighted by molar-refractivity contribution is 5.70. The highest BCUT2D eigenvalue weighted by Gasteiger charge is 2.22. The van der Waals surface area contributed by atoms with Gasteiger partial charge in [0.15, 0.2) is 0 Å². The Morgan fingerprint density at radius 3 is 0.850 bits per heavy atom. The standard InChI is InChI=1S/C100H192N2O11/c1-11-18-38-57-90(58-39-19-12-2)74-81-109-96(103)69-48-34-26-24-30-44-63-94(87-102-79-85-108-86-80-102)64-45-31-25-27-35-49-70-97(104)111-83-76-92(61-42-22-15-5)65-52-55-88(8)89(9)56-53-66-93(62-43-23-16-6)77-84-112-99(106)72-51-37-29-33-47-68-95(113-100(107)73-54-78-101(10)17-7)67-46-32-28-36-50-71-98(105)110-82-75-91(59-40-20-13-3)60-41-21-14-4/h88-95H,11-87H2,1-10H3. The third-order valence-corrected chi connectivity index (χ3v) is 25.6. The van der Waals surface area contributed by atoms with Gasteiger partial charge in [0.05, 0.1) is 39.6 Å². The Labute approximate surface area is 701 Å². The number of ether oxygens (including phenoxy) is 6. The lowest BCUT2D eigenvalue weighted by molar-refractivity contribution is -0.150. The van der Waals surface area contributed by atoms with Crippen molar-refractivity contribution in [3.05, 3.63) is 0 Å². The summed E-state index contributed by atoms with van der Waals surface area (Å²) in [6.45, 7) is 29.9. The molecule has 6 unspecified atom stereocenters. The average molecular weight is 1600 g/mol. The quantitative estimate of drug-likeness (QED) is 0.0324. The van der Waals surface area contributed by atoms with Crippen molar-refractivity contribution in [1.82, 2.24) is 9.80 Å². The summed E-state index contributed by atoms with van der Waals surface area (Å²) in [6.07, 6.45) is 74.0. The predicted octanol–water partition coefficient (Wildman–Crippen LogP) is 28.6. The van der Waals surface area contributed by atoms with Crippen LogP contribution in [0.5, 0.6) is 0 Å². The van der Waals surface area contributed by atoms with E-state index in [0.29, 0.717) is 94.0 Å². The Morgan fingerprint density at radius 1 is 0.292 bits per heavy atom. The molecule has 0 aliphatic carbocycles. The van der Waals surface area contributed by atoms with Gasteiger partial charge in [-0.2, -0.15) is 0 Å². The van der Waals surface area contributed by atoms with Crippen molar-refractivity contribution in [3.63, 3.8) is 0 Å². The summed E-state index contributed by atoms with van der Waals surface area (Å²) in [7, 11) is 2.09. The van der Waals surface area contributed by atoms with Crippen LogP contribution in [0.3, 0.4) is 0 Å². The van der Waals surface area contributed by atoms with Crippen LogP contribution in [0.25, 0.3) is 0 Å². The van der Waals surface area contributed by atoms with Crippen LogP contribution in [0, 0.1) is 41.4 Å². The minimum atomic E-state index is -0.0734. The maximum Gasteiger partial charge on any atom is 0.306 e. The van der Waals surface area contributed by atoms with Gasteiger partial charge in [-0.05, 0) is 158 Å². The molecule has 0 N–H and O–H groups in total. The van der Waals surface area contributed by atoms with E-state index in [1.54, 1.807) is 0 Å². The van der Waals surface area contributed by atoms with Crippen LogP contribution in [0.2, 0.25) is 0 Å². The maximum atomic E-state index is 13.0. The number of unbranched alkanes of at least 4 members (excludes halogenated alkanes) is 30. The van der Waals surface area contributed by atoms with Crippen LogP contribution in [-0.2, 0) is 52.4 Å². The molecule has 0 aromatic heterocycles. The van der Waals surface area contributed by atoms with Gasteiger partial charge in [0, 0.05) is 51.7 Å². The first kappa shape index (κ1) is 108. The minimum Gasteiger partial charge on any atom is -0.466 e. The van der Waals surface area contributed by atoms with Crippen molar-refractivity contribution >= 4 is 29.8 Å². The lowest BCUT2D eigenvalue weighted by atomic mass is 9.83. The second-order valence-corrected chi connectivity index (χ2v) is 36.1. The topological polar surface area (TPSA) is 147 Å². The van der Waals surface area contributed by atoms with Crippen LogP contribution in [-0.4, -0.2) is 125 Å². The molecule has 1 fully saturated rings. The van der Waals surface area contributed by atoms with Crippen molar-refractivity contribution in [2.75, 3.05) is 79.4 Å². The number of carbonyl (C=O) groups excluding carboxylic acids is 5. The highest BCUT2D eigenvalue weighted by atomic mass is 16.6. The van der Waals surface area contributed by atoms with Crippen LogP contribution in [0.1, 0.15) is 486 Å². The first-order chi connectivity index (χ1) is 55.2. The molecule has 0 saturated carbocycles. The molecule has 668 valence electrons. The average Bonchev–Trinajstić information content (AvgIpc) is 0.925. The first-order valence-corrected chi connectivity index (χ1v) is 50.0. The second kappa shape index (κ2) is 81.6. The molecule has 0 spiro atoms. The molecule has 1 rings (SSSR count). The van der Waals surface area contributed by atoms with Crippen LogP contribution >= 0.6 is 0 Å². The summed E-state index contributed by atoms with van der Waals surface area (Å²) in [5.74, 6) is 4.58. The smallest absolute Gasteiger partial charge is 0.306 e. The Morgan fingerprint density at radius 2 is 0.549 bits per heavy atom. The second-order valence-electron chi connectivity index (χ2n) is 36.1. The van der Waals surface area contributed by atoms with Crippen molar-refractivity contribution in [2.45, 2.75) is 492 Å². The molecule has 0 radical (unpaired) electrons. The normalized spacial score (nSPS) is 14.4. The number of morpholine rings is 1. The largest absolute Gasteiger partial charge is 0.466 e. The van der Waals surface area contributed by atoms with E-state index >= 15 is 0 Å². The number of carbonyl (C=O) groups is 5. The summed E-state index contributed by atoms with van der Waals surface area (Å²) in [4.78, 5) is 68.9. The van der Waals surface area contributed by atoms with Crippen LogP contribution in [0.4, 0.5) is 0 Å². The molecule has 0 aromatic rings. The molecule has 1 aliphatic heterocycles. The number of rotatable bonds is 87. The summed E-state index contributed by atoms with van der Waals surface area (Å²) in [5.41, 5.74) is 0. The van der Waals surface area contributed by atoms with Gasteiger partial charge in [0.1, 0.15) is 6.10 Å². The zero-order valence-electron chi connectivity index (χ0n) is 77.0. The highest BCUT2D eigenvalue weighted by Crippen LogP contribution is 2.31. The van der Waals surface area contributed by atoms with Gasteiger partial charge in [0.25, 0.3) is 0 Å². The maximum absolute atomic E-state index is 13.0. The molecule has 0 amide bonds. The lowest BCUT2D eigenvalue weighted by Crippen LogP contribution is -2.39. The molecule has 113 heavy (non-hydrogen) atoms. The summed E-state index contributed by atoms with van der Waals surface area (Å²) in [5, 5.41) is 0. The third-order valence-electron chi connectivity index (χ3n) is 25.6.